The lowest BCUT2D eigenvalue weighted by Crippen LogP contribution is -1.78. The van der Waals surface area contributed by atoms with Crippen molar-refractivity contribution in [1.29, 1.82) is 0 Å². The van der Waals surface area contributed by atoms with Crippen LogP contribution in [0.25, 0.3) is 10.8 Å². The Morgan fingerprint density at radius 3 is 2.57 bits per heavy atom. The van der Waals surface area contributed by atoms with Crippen LogP contribution in [0.4, 0.5) is 0 Å². The summed E-state index contributed by atoms with van der Waals surface area (Å²) < 4.78 is 0. The molecule has 0 atom stereocenters. The van der Waals surface area contributed by atoms with Gasteiger partial charge in [0.15, 0.2) is 0 Å². The van der Waals surface area contributed by atoms with Crippen LogP contribution in [0.2, 0.25) is 0 Å². The van der Waals surface area contributed by atoms with E-state index in [1.165, 1.54) is 5.39 Å². The van der Waals surface area contributed by atoms with Crippen LogP contribution in [-0.2, 0) is 0 Å². The minimum atomic E-state index is 0.987. The SMILES string of the molecule is C#CC#Cc1cccc2ccccc12. The zero-order valence-corrected chi connectivity index (χ0v) is 7.62. The van der Waals surface area contributed by atoms with Gasteiger partial charge >= 0.3 is 0 Å². The number of hydrogen-bond acceptors (Lipinski definition) is 0. The quantitative estimate of drug-likeness (QED) is 0.541. The van der Waals surface area contributed by atoms with E-state index in [4.69, 9.17) is 6.42 Å². The van der Waals surface area contributed by atoms with Gasteiger partial charge in [0.1, 0.15) is 0 Å². The predicted octanol–water partition coefficient (Wildman–Crippen LogP) is 2.82. The Hall–Kier alpha value is -2.18. The molecule has 0 heteroatoms. The van der Waals surface area contributed by atoms with Crippen LogP contribution in [-0.4, -0.2) is 0 Å². The molecule has 0 aliphatic rings. The summed E-state index contributed by atoms with van der Waals surface area (Å²) in [5, 5.41) is 2.34. The molecule has 0 saturated carbocycles. The van der Waals surface area contributed by atoms with E-state index < -0.39 is 0 Å². The first-order valence-corrected chi connectivity index (χ1v) is 4.36. The average Bonchev–Trinajstić information content (AvgIpc) is 2.26. The first-order valence-electron chi connectivity index (χ1n) is 4.36. The lowest BCUT2D eigenvalue weighted by Gasteiger charge is -1.98. The molecule has 2 aromatic rings. The molecule has 0 saturated heterocycles. The van der Waals surface area contributed by atoms with Gasteiger partial charge in [-0.05, 0) is 28.7 Å². The van der Waals surface area contributed by atoms with Crippen molar-refractivity contribution in [2.24, 2.45) is 0 Å². The molecule has 0 nitrogen and oxygen atoms in total. The van der Waals surface area contributed by atoms with Gasteiger partial charge in [0.2, 0.25) is 0 Å². The number of fused-ring (bicyclic) bond motifs is 1. The van der Waals surface area contributed by atoms with Crippen molar-refractivity contribution < 1.29 is 0 Å². The largest absolute Gasteiger partial charge is 0.106 e. The second kappa shape index (κ2) is 3.69. The fourth-order valence-electron chi connectivity index (χ4n) is 1.44. The summed E-state index contributed by atoms with van der Waals surface area (Å²) in [4.78, 5) is 0. The van der Waals surface area contributed by atoms with Crippen molar-refractivity contribution in [2.45, 2.75) is 0 Å². The maximum atomic E-state index is 5.10. The molecule has 0 heterocycles. The van der Waals surface area contributed by atoms with Crippen LogP contribution >= 0.6 is 0 Å². The summed E-state index contributed by atoms with van der Waals surface area (Å²) in [5.74, 6) is 7.91. The number of benzene rings is 2. The van der Waals surface area contributed by atoms with Crippen LogP contribution in [0, 0.1) is 24.2 Å². The summed E-state index contributed by atoms with van der Waals surface area (Å²) in [6.07, 6.45) is 5.10. The molecule has 0 aliphatic heterocycles. The highest BCUT2D eigenvalue weighted by Gasteiger charge is 1.95. The maximum Gasteiger partial charge on any atom is 0.0334 e. The van der Waals surface area contributed by atoms with Gasteiger partial charge < -0.3 is 0 Å². The molecule has 0 aliphatic carbocycles. The monoisotopic (exact) mass is 176 g/mol. The van der Waals surface area contributed by atoms with E-state index in [0.717, 1.165) is 10.9 Å². The Bertz CT molecular complexity index is 554. The van der Waals surface area contributed by atoms with Gasteiger partial charge in [0, 0.05) is 5.56 Å². The molecule has 0 fully saturated rings. The van der Waals surface area contributed by atoms with Gasteiger partial charge in [0.05, 0.1) is 0 Å². The van der Waals surface area contributed by atoms with Crippen molar-refractivity contribution in [3.05, 3.63) is 48.0 Å². The van der Waals surface area contributed by atoms with E-state index in [9.17, 15) is 0 Å². The molecule has 14 heavy (non-hydrogen) atoms. The first kappa shape index (κ1) is 8.42. The van der Waals surface area contributed by atoms with Crippen LogP contribution < -0.4 is 0 Å². The van der Waals surface area contributed by atoms with Crippen molar-refractivity contribution in [3.63, 3.8) is 0 Å². The Balaban J connectivity index is 2.72. The zero-order chi connectivity index (χ0) is 9.80. The normalized spacial score (nSPS) is 8.79. The summed E-state index contributed by atoms with van der Waals surface area (Å²) >= 11 is 0. The first-order chi connectivity index (χ1) is 6.92. The third-order valence-corrected chi connectivity index (χ3v) is 2.06. The van der Waals surface area contributed by atoms with E-state index in [2.05, 4.69) is 36.0 Å². The van der Waals surface area contributed by atoms with E-state index >= 15 is 0 Å². The van der Waals surface area contributed by atoms with Crippen molar-refractivity contribution in [3.8, 4) is 24.2 Å². The van der Waals surface area contributed by atoms with E-state index in [-0.39, 0.29) is 0 Å². The van der Waals surface area contributed by atoms with Gasteiger partial charge in [-0.3, -0.25) is 0 Å². The average molecular weight is 176 g/mol. The Labute approximate surface area is 83.6 Å². The van der Waals surface area contributed by atoms with Crippen LogP contribution in [0.1, 0.15) is 5.56 Å². The minimum Gasteiger partial charge on any atom is -0.106 e. The molecule has 2 rings (SSSR count). The molecular weight excluding hydrogens is 168 g/mol. The van der Waals surface area contributed by atoms with Crippen LogP contribution in [0.3, 0.4) is 0 Å². The van der Waals surface area contributed by atoms with Crippen LogP contribution in [0.15, 0.2) is 42.5 Å². The Kier molecular flexibility index (Phi) is 2.22. The van der Waals surface area contributed by atoms with E-state index in [1.807, 2.05) is 24.3 Å². The molecule has 64 valence electrons. The topological polar surface area (TPSA) is 0 Å². The highest BCUT2D eigenvalue weighted by molar-refractivity contribution is 5.88. The smallest absolute Gasteiger partial charge is 0.0334 e. The number of rotatable bonds is 0. The molecule has 0 aromatic heterocycles. The van der Waals surface area contributed by atoms with Crippen LogP contribution in [0.5, 0.6) is 0 Å². The minimum absolute atomic E-state index is 0.987. The lowest BCUT2D eigenvalue weighted by atomic mass is 10.1. The second-order valence-electron chi connectivity index (χ2n) is 2.92. The number of terminal acetylenes is 1. The summed E-state index contributed by atoms with van der Waals surface area (Å²) in [6.45, 7) is 0. The molecule has 0 unspecified atom stereocenters. The lowest BCUT2D eigenvalue weighted by molar-refractivity contribution is 1.70. The third kappa shape index (κ3) is 1.47. The van der Waals surface area contributed by atoms with Gasteiger partial charge in [0.25, 0.3) is 0 Å². The molecular formula is C14H8. The van der Waals surface area contributed by atoms with Crippen molar-refractivity contribution >= 4 is 10.8 Å². The number of hydrogen-bond donors (Lipinski definition) is 0. The third-order valence-electron chi connectivity index (χ3n) is 2.06. The Morgan fingerprint density at radius 1 is 0.929 bits per heavy atom. The van der Waals surface area contributed by atoms with Gasteiger partial charge in [-0.25, -0.2) is 0 Å². The highest BCUT2D eigenvalue weighted by atomic mass is 14.0. The molecule has 0 N–H and O–H groups in total. The standard InChI is InChI=1S/C14H8/c1-2-3-7-12-9-6-10-13-8-4-5-11-14(12)13/h1,4-6,8-11H. The van der Waals surface area contributed by atoms with Gasteiger partial charge in [-0.1, -0.05) is 42.3 Å². The second-order valence-corrected chi connectivity index (χ2v) is 2.92. The summed E-state index contributed by atoms with van der Waals surface area (Å²) in [5.41, 5.74) is 0.987. The Morgan fingerprint density at radius 2 is 1.71 bits per heavy atom. The van der Waals surface area contributed by atoms with Gasteiger partial charge in [-0.15, -0.1) is 6.42 Å². The maximum absolute atomic E-state index is 5.10. The molecule has 0 radical (unpaired) electrons. The zero-order valence-electron chi connectivity index (χ0n) is 7.62. The summed E-state index contributed by atoms with van der Waals surface area (Å²) in [7, 11) is 0. The van der Waals surface area contributed by atoms with Crippen molar-refractivity contribution in [2.75, 3.05) is 0 Å². The molecule has 0 bridgehead atoms. The van der Waals surface area contributed by atoms with Gasteiger partial charge in [-0.2, -0.15) is 0 Å². The molecule has 0 spiro atoms. The van der Waals surface area contributed by atoms with E-state index in [1.54, 1.807) is 0 Å². The predicted molar refractivity (Wildman–Crippen MR) is 59.7 cm³/mol. The molecule has 2 aromatic carbocycles. The molecule has 0 amide bonds. The fraction of sp³-hybridized carbons (Fsp3) is 0. The fourth-order valence-corrected chi connectivity index (χ4v) is 1.44. The van der Waals surface area contributed by atoms with E-state index in [0.29, 0.717) is 0 Å². The van der Waals surface area contributed by atoms with Crippen molar-refractivity contribution in [1.82, 2.24) is 0 Å². The summed E-state index contributed by atoms with van der Waals surface area (Å²) in [6, 6.07) is 14.2. The highest BCUT2D eigenvalue weighted by Crippen LogP contribution is 2.17.